The van der Waals surface area contributed by atoms with Gasteiger partial charge in [-0.25, -0.2) is 0 Å². The fraction of sp³-hybridized carbons (Fsp3) is 1.00. The zero-order chi connectivity index (χ0) is 14.1. The molecule has 0 aromatic carbocycles. The second-order valence-electron chi connectivity index (χ2n) is 8.09. The van der Waals surface area contributed by atoms with E-state index in [0.29, 0.717) is 0 Å². The van der Waals surface area contributed by atoms with Crippen LogP contribution in [-0.2, 0) is 0 Å². The van der Waals surface area contributed by atoms with Crippen molar-refractivity contribution in [2.24, 2.45) is 0 Å². The molecule has 0 nitrogen and oxygen atoms in total. The van der Waals surface area contributed by atoms with E-state index in [2.05, 4.69) is 62.3 Å². The molecule has 0 amide bonds. The first kappa shape index (κ1) is 17.4. The van der Waals surface area contributed by atoms with Crippen molar-refractivity contribution in [2.45, 2.75) is 84.2 Å². The van der Waals surface area contributed by atoms with Gasteiger partial charge >= 0.3 is 0 Å². The maximum atomic E-state index is 12.7. The Balaban J connectivity index is 5.75. The summed E-state index contributed by atoms with van der Waals surface area (Å²) in [5, 5.41) is 0.829. The Hall–Kier alpha value is 0.360. The lowest BCUT2D eigenvalue weighted by Crippen LogP contribution is -2.45. The first-order valence-electron chi connectivity index (χ1n) is 6.75. The highest BCUT2D eigenvalue weighted by Gasteiger charge is 2.63. The molecule has 0 aromatic heterocycles. The molecule has 17 heavy (non-hydrogen) atoms. The van der Waals surface area contributed by atoms with E-state index in [4.69, 9.17) is 0 Å². The highest BCUT2D eigenvalue weighted by atomic mass is 31.2. The minimum Gasteiger partial charge on any atom is -0.251 e. The highest BCUT2D eigenvalue weighted by molar-refractivity contribution is 7.80. The van der Waals surface area contributed by atoms with E-state index in [1.165, 1.54) is 0 Å². The van der Waals surface area contributed by atoms with Crippen LogP contribution in [0.15, 0.2) is 0 Å². The summed E-state index contributed by atoms with van der Waals surface area (Å²) in [5.41, 5.74) is 0. The first-order valence-corrected chi connectivity index (χ1v) is 8.73. The van der Waals surface area contributed by atoms with E-state index in [0.717, 1.165) is 12.6 Å². The molecule has 0 radical (unpaired) electrons. The van der Waals surface area contributed by atoms with Gasteiger partial charge in [0.25, 0.3) is 0 Å². The summed E-state index contributed by atoms with van der Waals surface area (Å²) in [5.74, 6) is 0. The second kappa shape index (κ2) is 5.16. The van der Waals surface area contributed by atoms with Gasteiger partial charge in [0.05, 0.1) is 28.3 Å². The zero-order valence-electron chi connectivity index (χ0n) is 13.4. The first-order chi connectivity index (χ1) is 7.31. The summed E-state index contributed by atoms with van der Waals surface area (Å²) >= 11 is 0. The average molecular weight is 263 g/mol. The Kier molecular flexibility index (Phi) is 5.27. The van der Waals surface area contributed by atoms with Crippen molar-refractivity contribution >= 4 is 7.26 Å². The third-order valence-electron chi connectivity index (χ3n) is 4.06. The molecule has 0 bridgehead atoms. The van der Waals surface area contributed by atoms with Crippen molar-refractivity contribution in [1.82, 2.24) is 0 Å². The van der Waals surface area contributed by atoms with Gasteiger partial charge < -0.3 is 0 Å². The zero-order valence-corrected chi connectivity index (χ0v) is 14.3. The summed E-state index contributed by atoms with van der Waals surface area (Å²) in [7, 11) is -1.30. The van der Waals surface area contributed by atoms with E-state index in [9.17, 15) is 4.39 Å². The van der Waals surface area contributed by atoms with Gasteiger partial charge in [-0.3, -0.25) is 4.39 Å². The van der Waals surface area contributed by atoms with E-state index < -0.39 is 7.26 Å². The molecule has 0 unspecified atom stereocenters. The highest BCUT2D eigenvalue weighted by Crippen LogP contribution is 2.83. The average Bonchev–Trinajstić information content (AvgIpc) is 1.96. The summed E-state index contributed by atoms with van der Waals surface area (Å²) in [6.45, 7) is 21.0. The number of halogens is 1. The van der Waals surface area contributed by atoms with Crippen LogP contribution in [0, 0.1) is 0 Å². The van der Waals surface area contributed by atoms with Crippen molar-refractivity contribution in [1.29, 1.82) is 0 Å². The molecule has 104 valence electrons. The molecule has 0 rings (SSSR count). The predicted octanol–water partition coefficient (Wildman–Crippen LogP) is 5.76. The van der Waals surface area contributed by atoms with Crippen molar-refractivity contribution < 1.29 is 4.39 Å². The predicted molar refractivity (Wildman–Crippen MR) is 81.6 cm³/mol. The molecule has 0 heterocycles. The van der Waals surface area contributed by atoms with Crippen LogP contribution in [0.3, 0.4) is 0 Å². The Labute approximate surface area is 109 Å². The van der Waals surface area contributed by atoms with Crippen molar-refractivity contribution in [3.05, 3.63) is 0 Å². The molecule has 0 atom stereocenters. The monoisotopic (exact) mass is 263 g/mol. The van der Waals surface area contributed by atoms with E-state index in [1.54, 1.807) is 0 Å². The number of rotatable bonds is 3. The van der Waals surface area contributed by atoms with Gasteiger partial charge in [-0.1, -0.05) is 0 Å². The molecule has 0 aliphatic carbocycles. The summed E-state index contributed by atoms with van der Waals surface area (Å²) in [6, 6.07) is 0. The molecule has 0 saturated heterocycles. The van der Waals surface area contributed by atoms with Crippen LogP contribution in [0.2, 0.25) is 0 Å². The Bertz CT molecular complexity index is 201. The summed E-state index contributed by atoms with van der Waals surface area (Å²) in [4.78, 5) is 0. The van der Waals surface area contributed by atoms with Gasteiger partial charge in [-0.2, -0.15) is 0 Å². The van der Waals surface area contributed by atoms with Gasteiger partial charge in [-0.05, 0) is 62.3 Å². The number of hydrogen-bond acceptors (Lipinski definition) is 0. The molecule has 2 heteroatoms. The van der Waals surface area contributed by atoms with Crippen LogP contribution >= 0.6 is 7.26 Å². The minimum atomic E-state index is -1.30. The van der Waals surface area contributed by atoms with Crippen molar-refractivity contribution in [2.75, 3.05) is 12.8 Å². The third kappa shape index (κ3) is 3.22. The van der Waals surface area contributed by atoms with Crippen LogP contribution in [0.25, 0.3) is 0 Å². The Morgan fingerprint density at radius 3 is 1.18 bits per heavy atom. The van der Waals surface area contributed by atoms with Gasteiger partial charge in [-0.15, -0.1) is 0 Å². The largest absolute Gasteiger partial charge is 0.251 e. The van der Waals surface area contributed by atoms with Gasteiger partial charge in [0.1, 0.15) is 0 Å². The third-order valence-corrected chi connectivity index (χ3v) is 11.9. The Morgan fingerprint density at radius 2 is 1.00 bits per heavy atom. The topological polar surface area (TPSA) is 0 Å². The lowest BCUT2D eigenvalue weighted by atomic mass is 10.2. The smallest absolute Gasteiger partial charge is 0.0928 e. The fourth-order valence-electron chi connectivity index (χ4n) is 4.32. The van der Waals surface area contributed by atoms with Gasteiger partial charge in [0.15, 0.2) is 0 Å². The lowest BCUT2D eigenvalue weighted by molar-refractivity contribution is 0.483. The summed E-state index contributed by atoms with van der Waals surface area (Å²) in [6.07, 6.45) is 1.79. The minimum absolute atomic E-state index is 0.177. The Morgan fingerprint density at radius 1 is 0.706 bits per heavy atom. The number of alkyl halides is 1. The maximum Gasteiger partial charge on any atom is 0.0928 e. The van der Waals surface area contributed by atoms with Crippen LogP contribution in [0.1, 0.15) is 68.7 Å². The summed E-state index contributed by atoms with van der Waals surface area (Å²) < 4.78 is 12.7. The second-order valence-corrected chi connectivity index (χ2v) is 14.2. The molecular weight excluding hydrogens is 230 g/mol. The van der Waals surface area contributed by atoms with Crippen LogP contribution in [0.4, 0.5) is 4.39 Å². The molecule has 0 aliphatic rings. The van der Waals surface area contributed by atoms with E-state index in [1.807, 2.05) is 0 Å². The molecule has 0 aromatic rings. The standard InChI is InChI=1S/C15H33FP/c1-13(2,3)17(12-10-11-16,14(4,5)6)15(7,8)9/h10-12H2,1-9H3/q+1. The molecule has 0 aliphatic heterocycles. The van der Waals surface area contributed by atoms with Crippen LogP contribution in [-0.4, -0.2) is 28.3 Å². The van der Waals surface area contributed by atoms with Crippen LogP contribution < -0.4 is 0 Å². The van der Waals surface area contributed by atoms with Gasteiger partial charge in [0.2, 0.25) is 0 Å². The lowest BCUT2D eigenvalue weighted by Gasteiger charge is -2.54. The van der Waals surface area contributed by atoms with Crippen molar-refractivity contribution in [3.63, 3.8) is 0 Å². The van der Waals surface area contributed by atoms with Crippen molar-refractivity contribution in [3.8, 4) is 0 Å². The quantitative estimate of drug-likeness (QED) is 0.568. The van der Waals surface area contributed by atoms with E-state index in [-0.39, 0.29) is 22.1 Å². The normalized spacial score (nSPS) is 15.2. The van der Waals surface area contributed by atoms with Gasteiger partial charge in [0, 0.05) is 13.7 Å². The molecular formula is C15H33FP+. The SMILES string of the molecule is CC(C)(C)[P+](CCCF)(C(C)(C)C)C(C)(C)C. The number of hydrogen-bond donors (Lipinski definition) is 0. The fourth-order valence-corrected chi connectivity index (χ4v) is 13.0. The molecule has 0 spiro atoms. The van der Waals surface area contributed by atoms with E-state index >= 15 is 0 Å². The van der Waals surface area contributed by atoms with Crippen LogP contribution in [0.5, 0.6) is 0 Å². The molecule has 0 fully saturated rings. The maximum absolute atomic E-state index is 12.7. The molecule has 0 N–H and O–H groups in total. The molecule has 0 saturated carbocycles.